The van der Waals surface area contributed by atoms with E-state index in [1.54, 1.807) is 6.08 Å². The van der Waals surface area contributed by atoms with Gasteiger partial charge < -0.3 is 20.3 Å². The molecule has 1 fully saturated rings. The van der Waals surface area contributed by atoms with Crippen molar-refractivity contribution in [3.05, 3.63) is 42.0 Å². The Morgan fingerprint density at radius 2 is 1.84 bits per heavy atom. The molecule has 1 aromatic carbocycles. The maximum absolute atomic E-state index is 12.1. The standard InChI is InChI=1S/C16H18Cl3N3O2S/c17-16(18,19)14(21-15(25)22-8-10-24-11-9-22)20-13(23)7-6-12-4-2-1-3-5-12/h1-7,14H,8-11H2,(H,20,23)(H,21,25). The number of alkyl halides is 3. The number of benzene rings is 1. The zero-order chi connectivity index (χ0) is 18.3. The number of hydrogen-bond acceptors (Lipinski definition) is 3. The maximum atomic E-state index is 12.1. The minimum Gasteiger partial charge on any atom is -0.378 e. The lowest BCUT2D eigenvalue weighted by atomic mass is 10.2. The summed E-state index contributed by atoms with van der Waals surface area (Å²) >= 11 is 23.2. The Bertz CT molecular complexity index is 617. The Labute approximate surface area is 167 Å². The second-order valence-electron chi connectivity index (χ2n) is 5.28. The minimum atomic E-state index is -1.77. The molecule has 1 amide bonds. The zero-order valence-electron chi connectivity index (χ0n) is 13.3. The molecule has 0 spiro atoms. The second kappa shape index (κ2) is 9.59. The van der Waals surface area contributed by atoms with Crippen LogP contribution in [-0.4, -0.2) is 52.2 Å². The summed E-state index contributed by atoms with van der Waals surface area (Å²) in [6.45, 7) is 2.43. The number of ether oxygens (including phenoxy) is 1. The molecule has 2 rings (SSSR count). The average Bonchev–Trinajstić information content (AvgIpc) is 2.60. The summed E-state index contributed by atoms with van der Waals surface area (Å²) in [6, 6.07) is 9.41. The molecule has 25 heavy (non-hydrogen) atoms. The number of nitrogens with one attached hydrogen (secondary N) is 2. The van der Waals surface area contributed by atoms with Crippen molar-refractivity contribution in [3.63, 3.8) is 0 Å². The van der Waals surface area contributed by atoms with Crippen molar-refractivity contribution in [3.8, 4) is 0 Å². The summed E-state index contributed by atoms with van der Waals surface area (Å²) in [4.78, 5) is 14.0. The van der Waals surface area contributed by atoms with Gasteiger partial charge in [-0.2, -0.15) is 0 Å². The molecule has 5 nitrogen and oxygen atoms in total. The van der Waals surface area contributed by atoms with Crippen LogP contribution in [0, 0.1) is 0 Å². The second-order valence-corrected chi connectivity index (χ2v) is 8.03. The van der Waals surface area contributed by atoms with Crippen molar-refractivity contribution in [1.82, 2.24) is 15.5 Å². The predicted molar refractivity (Wildman–Crippen MR) is 106 cm³/mol. The van der Waals surface area contributed by atoms with Crippen LogP contribution < -0.4 is 10.6 Å². The van der Waals surface area contributed by atoms with Gasteiger partial charge in [-0.1, -0.05) is 65.1 Å². The van der Waals surface area contributed by atoms with Gasteiger partial charge in [0.1, 0.15) is 6.17 Å². The van der Waals surface area contributed by atoms with E-state index in [-0.39, 0.29) is 0 Å². The van der Waals surface area contributed by atoms with E-state index in [1.807, 2.05) is 35.2 Å². The van der Waals surface area contributed by atoms with Gasteiger partial charge >= 0.3 is 0 Å². The third kappa shape index (κ3) is 6.99. The number of nitrogens with zero attached hydrogens (tertiary/aromatic N) is 1. The molecular weight excluding hydrogens is 405 g/mol. The van der Waals surface area contributed by atoms with Crippen molar-refractivity contribution in [2.75, 3.05) is 26.3 Å². The van der Waals surface area contributed by atoms with E-state index in [0.717, 1.165) is 5.56 Å². The summed E-state index contributed by atoms with van der Waals surface area (Å²) in [7, 11) is 0. The fourth-order valence-electron chi connectivity index (χ4n) is 2.11. The van der Waals surface area contributed by atoms with Gasteiger partial charge in [0.2, 0.25) is 9.70 Å². The molecule has 1 atom stereocenters. The number of carbonyl (C=O) groups is 1. The van der Waals surface area contributed by atoms with E-state index in [9.17, 15) is 4.79 Å². The molecule has 1 aliphatic rings. The van der Waals surface area contributed by atoms with Gasteiger partial charge in [0.05, 0.1) is 13.2 Å². The maximum Gasteiger partial charge on any atom is 0.245 e. The number of carbonyl (C=O) groups excluding carboxylic acids is 1. The summed E-state index contributed by atoms with van der Waals surface area (Å²) in [5, 5.41) is 5.91. The molecule has 0 radical (unpaired) electrons. The van der Waals surface area contributed by atoms with Crippen LogP contribution in [0.15, 0.2) is 36.4 Å². The van der Waals surface area contributed by atoms with Gasteiger partial charge in [-0.25, -0.2) is 0 Å². The monoisotopic (exact) mass is 421 g/mol. The van der Waals surface area contributed by atoms with Crippen LogP contribution in [0.5, 0.6) is 0 Å². The van der Waals surface area contributed by atoms with E-state index in [2.05, 4.69) is 10.6 Å². The molecule has 0 aromatic heterocycles. The topological polar surface area (TPSA) is 53.6 Å². The molecule has 1 heterocycles. The molecule has 1 unspecified atom stereocenters. The van der Waals surface area contributed by atoms with Crippen molar-refractivity contribution in [1.29, 1.82) is 0 Å². The quantitative estimate of drug-likeness (QED) is 0.338. The van der Waals surface area contributed by atoms with Gasteiger partial charge in [-0.15, -0.1) is 0 Å². The first-order valence-electron chi connectivity index (χ1n) is 7.60. The first-order valence-corrected chi connectivity index (χ1v) is 9.14. The highest BCUT2D eigenvalue weighted by molar-refractivity contribution is 7.80. The molecule has 9 heteroatoms. The molecule has 2 N–H and O–H groups in total. The Kier molecular flexibility index (Phi) is 7.78. The largest absolute Gasteiger partial charge is 0.378 e. The Morgan fingerprint density at radius 1 is 1.20 bits per heavy atom. The van der Waals surface area contributed by atoms with Crippen molar-refractivity contribution < 1.29 is 9.53 Å². The Balaban J connectivity index is 1.96. The molecular formula is C16H18Cl3N3O2S. The van der Waals surface area contributed by atoms with E-state index >= 15 is 0 Å². The van der Waals surface area contributed by atoms with Crippen LogP contribution in [0.2, 0.25) is 0 Å². The van der Waals surface area contributed by atoms with Gasteiger partial charge in [0.15, 0.2) is 5.11 Å². The number of thiocarbonyl (C=S) groups is 1. The number of amides is 1. The summed E-state index contributed by atoms with van der Waals surface area (Å²) < 4.78 is 3.50. The third-order valence-corrected chi connectivity index (χ3v) is 4.44. The summed E-state index contributed by atoms with van der Waals surface area (Å²) in [5.41, 5.74) is 0.889. The average molecular weight is 423 g/mol. The van der Waals surface area contributed by atoms with Gasteiger partial charge in [-0.05, 0) is 23.9 Å². The molecule has 1 aliphatic heterocycles. The van der Waals surface area contributed by atoms with E-state index < -0.39 is 15.9 Å². The van der Waals surface area contributed by atoms with Crippen molar-refractivity contribution in [2.45, 2.75) is 9.96 Å². The highest BCUT2D eigenvalue weighted by Crippen LogP contribution is 2.29. The van der Waals surface area contributed by atoms with Crippen LogP contribution >= 0.6 is 47.0 Å². The van der Waals surface area contributed by atoms with Crippen LogP contribution in [0.3, 0.4) is 0 Å². The smallest absolute Gasteiger partial charge is 0.245 e. The zero-order valence-corrected chi connectivity index (χ0v) is 16.3. The molecule has 0 bridgehead atoms. The van der Waals surface area contributed by atoms with E-state index in [0.29, 0.717) is 31.4 Å². The first-order chi connectivity index (χ1) is 11.9. The van der Waals surface area contributed by atoms with E-state index in [1.165, 1.54) is 6.08 Å². The predicted octanol–water partition coefficient (Wildman–Crippen LogP) is 2.72. The number of rotatable bonds is 4. The first kappa shape index (κ1) is 20.3. The lowest BCUT2D eigenvalue weighted by Crippen LogP contribution is -2.58. The minimum absolute atomic E-state index is 0.395. The Morgan fingerprint density at radius 3 is 2.44 bits per heavy atom. The molecule has 1 aromatic rings. The van der Waals surface area contributed by atoms with Crippen LogP contribution in [0.25, 0.3) is 6.08 Å². The van der Waals surface area contributed by atoms with Crippen molar-refractivity contribution in [2.24, 2.45) is 0 Å². The summed E-state index contributed by atoms with van der Waals surface area (Å²) in [6.07, 6.45) is 2.07. The lowest BCUT2D eigenvalue weighted by molar-refractivity contribution is -0.117. The Hall–Kier alpha value is -1.05. The van der Waals surface area contributed by atoms with Crippen LogP contribution in [0.4, 0.5) is 0 Å². The fourth-order valence-corrected chi connectivity index (χ4v) is 2.74. The summed E-state index contributed by atoms with van der Waals surface area (Å²) in [5.74, 6) is -0.405. The van der Waals surface area contributed by atoms with Gasteiger partial charge in [-0.3, -0.25) is 4.79 Å². The molecule has 0 aliphatic carbocycles. The molecule has 136 valence electrons. The van der Waals surface area contributed by atoms with Crippen LogP contribution in [0.1, 0.15) is 5.56 Å². The van der Waals surface area contributed by atoms with Crippen LogP contribution in [-0.2, 0) is 9.53 Å². The SMILES string of the molecule is O=C(C=Cc1ccccc1)NC(NC(=S)N1CCOCC1)C(Cl)(Cl)Cl. The van der Waals surface area contributed by atoms with Gasteiger partial charge in [0, 0.05) is 19.2 Å². The third-order valence-electron chi connectivity index (χ3n) is 3.41. The molecule has 1 saturated heterocycles. The number of morpholine rings is 1. The lowest BCUT2D eigenvalue weighted by Gasteiger charge is -2.33. The normalized spacial score (nSPS) is 16.5. The van der Waals surface area contributed by atoms with Gasteiger partial charge in [0.25, 0.3) is 0 Å². The number of hydrogen-bond donors (Lipinski definition) is 2. The highest BCUT2D eigenvalue weighted by atomic mass is 35.6. The molecule has 0 saturated carbocycles. The van der Waals surface area contributed by atoms with E-state index in [4.69, 9.17) is 51.8 Å². The highest BCUT2D eigenvalue weighted by Gasteiger charge is 2.35. The fraction of sp³-hybridized carbons (Fsp3) is 0.375. The number of halogens is 3. The van der Waals surface area contributed by atoms with Crippen molar-refractivity contribution >= 4 is 64.1 Å².